The monoisotopic (exact) mass is 482 g/mol. The predicted octanol–water partition coefficient (Wildman–Crippen LogP) is 3.95. The van der Waals surface area contributed by atoms with Crippen molar-refractivity contribution >= 4 is 31.9 Å². The Morgan fingerprint density at radius 1 is 1.10 bits per heavy atom. The number of hydrogen-bond donors (Lipinski definition) is 2. The third kappa shape index (κ3) is 7.13. The second kappa shape index (κ2) is 10.2. The Bertz CT molecular complexity index is 944. The molecule has 0 saturated heterocycles. The molecule has 158 valence electrons. The molecule has 0 heterocycles. The Kier molecular flexibility index (Phi) is 8.24. The maximum atomic E-state index is 12.3. The van der Waals surface area contributed by atoms with E-state index in [1.807, 2.05) is 45.0 Å². The van der Waals surface area contributed by atoms with Gasteiger partial charge < -0.3 is 10.1 Å². The standard InChI is InChI=1S/C21H27BrN2O4S/c1-14(2)12-23-29(26,27)19-9-10-20(15(3)11-19)28-13-21(25)24-16(4)17-5-7-18(22)8-6-17/h5-11,14,16,23H,12-13H2,1-4H3,(H,24,25)/t16-/m1/s1. The van der Waals surface area contributed by atoms with Gasteiger partial charge in [0.2, 0.25) is 10.0 Å². The summed E-state index contributed by atoms with van der Waals surface area (Å²) in [4.78, 5) is 12.4. The molecule has 0 saturated carbocycles. The minimum Gasteiger partial charge on any atom is -0.484 e. The van der Waals surface area contributed by atoms with E-state index >= 15 is 0 Å². The van der Waals surface area contributed by atoms with Gasteiger partial charge in [-0.1, -0.05) is 41.9 Å². The highest BCUT2D eigenvalue weighted by Gasteiger charge is 2.16. The number of carbonyl (C=O) groups is 1. The van der Waals surface area contributed by atoms with E-state index in [0.29, 0.717) is 17.9 Å². The molecule has 2 rings (SSSR count). The van der Waals surface area contributed by atoms with E-state index < -0.39 is 10.0 Å². The van der Waals surface area contributed by atoms with Crippen molar-refractivity contribution in [3.05, 3.63) is 58.1 Å². The van der Waals surface area contributed by atoms with Crippen LogP contribution in [0.25, 0.3) is 0 Å². The van der Waals surface area contributed by atoms with Crippen molar-refractivity contribution in [3.8, 4) is 5.75 Å². The van der Waals surface area contributed by atoms with Crippen molar-refractivity contribution in [2.45, 2.75) is 38.6 Å². The fourth-order valence-corrected chi connectivity index (χ4v) is 4.13. The molecule has 0 fully saturated rings. The fourth-order valence-electron chi connectivity index (χ4n) is 2.57. The minimum absolute atomic E-state index is 0.153. The lowest BCUT2D eigenvalue weighted by molar-refractivity contribution is -0.123. The average molecular weight is 483 g/mol. The number of ether oxygens (including phenoxy) is 1. The van der Waals surface area contributed by atoms with Gasteiger partial charge in [-0.3, -0.25) is 4.79 Å². The van der Waals surface area contributed by atoms with Crippen LogP contribution in [0.2, 0.25) is 0 Å². The van der Waals surface area contributed by atoms with Gasteiger partial charge >= 0.3 is 0 Å². The smallest absolute Gasteiger partial charge is 0.258 e. The first-order valence-corrected chi connectivity index (χ1v) is 11.6. The summed E-state index contributed by atoms with van der Waals surface area (Å²) in [6, 6.07) is 12.2. The maximum Gasteiger partial charge on any atom is 0.258 e. The van der Waals surface area contributed by atoms with Gasteiger partial charge in [-0.15, -0.1) is 0 Å². The lowest BCUT2D eigenvalue weighted by Gasteiger charge is -2.16. The van der Waals surface area contributed by atoms with E-state index in [2.05, 4.69) is 26.0 Å². The largest absolute Gasteiger partial charge is 0.484 e. The molecule has 1 amide bonds. The number of carbonyl (C=O) groups excluding carboxylic acids is 1. The molecule has 2 N–H and O–H groups in total. The highest BCUT2D eigenvalue weighted by molar-refractivity contribution is 9.10. The quantitative estimate of drug-likeness (QED) is 0.566. The Morgan fingerprint density at radius 3 is 2.34 bits per heavy atom. The van der Waals surface area contributed by atoms with Gasteiger partial charge in [-0.2, -0.15) is 0 Å². The van der Waals surface area contributed by atoms with Gasteiger partial charge in [-0.05, 0) is 61.2 Å². The number of nitrogens with one attached hydrogen (secondary N) is 2. The lowest BCUT2D eigenvalue weighted by Crippen LogP contribution is -2.31. The Hall–Kier alpha value is -1.90. The summed E-state index contributed by atoms with van der Waals surface area (Å²) in [7, 11) is -3.56. The summed E-state index contributed by atoms with van der Waals surface area (Å²) >= 11 is 3.39. The molecule has 0 aliphatic rings. The predicted molar refractivity (Wildman–Crippen MR) is 117 cm³/mol. The zero-order valence-electron chi connectivity index (χ0n) is 17.0. The van der Waals surface area contributed by atoms with Crippen LogP contribution in [0.15, 0.2) is 51.8 Å². The zero-order chi connectivity index (χ0) is 21.6. The van der Waals surface area contributed by atoms with Crippen molar-refractivity contribution in [1.29, 1.82) is 0 Å². The molecule has 8 heteroatoms. The number of rotatable bonds is 9. The van der Waals surface area contributed by atoms with Gasteiger partial charge in [0.05, 0.1) is 10.9 Å². The number of halogens is 1. The van der Waals surface area contributed by atoms with Crippen LogP contribution in [0.5, 0.6) is 5.75 Å². The summed E-state index contributed by atoms with van der Waals surface area (Å²) < 4.78 is 33.8. The molecule has 0 aromatic heterocycles. The van der Waals surface area contributed by atoms with Gasteiger partial charge in [-0.25, -0.2) is 13.1 Å². The molecular weight excluding hydrogens is 456 g/mol. The highest BCUT2D eigenvalue weighted by atomic mass is 79.9. The van der Waals surface area contributed by atoms with Gasteiger partial charge in [0.1, 0.15) is 5.75 Å². The van der Waals surface area contributed by atoms with Gasteiger partial charge in [0.25, 0.3) is 5.91 Å². The van der Waals surface area contributed by atoms with Crippen molar-refractivity contribution in [3.63, 3.8) is 0 Å². The molecule has 0 unspecified atom stereocenters. The summed E-state index contributed by atoms with van der Waals surface area (Å²) in [5.74, 6) is 0.432. The number of benzene rings is 2. The first-order chi connectivity index (χ1) is 13.6. The molecular formula is C21H27BrN2O4S. The third-order valence-electron chi connectivity index (χ3n) is 4.24. The van der Waals surface area contributed by atoms with Crippen LogP contribution in [0.1, 0.15) is 37.9 Å². The van der Waals surface area contributed by atoms with E-state index in [0.717, 1.165) is 10.0 Å². The molecule has 0 aliphatic carbocycles. The topological polar surface area (TPSA) is 84.5 Å². The van der Waals surface area contributed by atoms with E-state index in [1.54, 1.807) is 19.1 Å². The summed E-state index contributed by atoms with van der Waals surface area (Å²) in [5.41, 5.74) is 1.63. The van der Waals surface area contributed by atoms with Crippen molar-refractivity contribution < 1.29 is 17.9 Å². The van der Waals surface area contributed by atoms with Crippen LogP contribution in [0.3, 0.4) is 0 Å². The van der Waals surface area contributed by atoms with Crippen LogP contribution in [-0.4, -0.2) is 27.5 Å². The molecule has 2 aromatic rings. The first kappa shape index (κ1) is 23.4. The lowest BCUT2D eigenvalue weighted by atomic mass is 10.1. The maximum absolute atomic E-state index is 12.3. The molecule has 1 atom stereocenters. The highest BCUT2D eigenvalue weighted by Crippen LogP contribution is 2.22. The SMILES string of the molecule is Cc1cc(S(=O)(=O)NCC(C)C)ccc1OCC(=O)N[C@H](C)c1ccc(Br)cc1. The Labute approximate surface area is 181 Å². The molecule has 0 bridgehead atoms. The number of amides is 1. The summed E-state index contributed by atoms with van der Waals surface area (Å²) in [6.45, 7) is 7.74. The second-order valence-corrected chi connectivity index (χ2v) is 9.99. The van der Waals surface area contributed by atoms with Crippen LogP contribution in [0.4, 0.5) is 0 Å². The number of hydrogen-bond acceptors (Lipinski definition) is 4. The molecule has 0 aliphatic heterocycles. The zero-order valence-corrected chi connectivity index (χ0v) is 19.4. The van der Waals surface area contributed by atoms with E-state index in [-0.39, 0.29) is 29.4 Å². The first-order valence-electron chi connectivity index (χ1n) is 9.36. The van der Waals surface area contributed by atoms with Crippen molar-refractivity contribution in [2.24, 2.45) is 5.92 Å². The van der Waals surface area contributed by atoms with E-state index in [1.165, 1.54) is 6.07 Å². The normalized spacial score (nSPS) is 12.6. The van der Waals surface area contributed by atoms with Crippen LogP contribution >= 0.6 is 15.9 Å². The van der Waals surface area contributed by atoms with Crippen molar-refractivity contribution in [2.75, 3.05) is 13.2 Å². The van der Waals surface area contributed by atoms with Gasteiger partial charge in [0, 0.05) is 11.0 Å². The second-order valence-electron chi connectivity index (χ2n) is 7.30. The molecule has 6 nitrogen and oxygen atoms in total. The minimum atomic E-state index is -3.56. The summed E-state index contributed by atoms with van der Waals surface area (Å²) in [5, 5.41) is 2.88. The molecule has 0 radical (unpaired) electrons. The third-order valence-corrected chi connectivity index (χ3v) is 6.19. The summed E-state index contributed by atoms with van der Waals surface area (Å²) in [6.07, 6.45) is 0. The van der Waals surface area contributed by atoms with Crippen molar-refractivity contribution in [1.82, 2.24) is 10.0 Å². The fraction of sp³-hybridized carbons (Fsp3) is 0.381. The van der Waals surface area contributed by atoms with Gasteiger partial charge in [0.15, 0.2) is 6.61 Å². The number of sulfonamides is 1. The molecule has 0 spiro atoms. The Balaban J connectivity index is 1.95. The molecule has 2 aromatic carbocycles. The van der Waals surface area contributed by atoms with Crippen LogP contribution < -0.4 is 14.8 Å². The Morgan fingerprint density at radius 2 is 1.76 bits per heavy atom. The van der Waals surface area contributed by atoms with E-state index in [4.69, 9.17) is 4.74 Å². The van der Waals surface area contributed by atoms with Crippen LogP contribution in [0, 0.1) is 12.8 Å². The van der Waals surface area contributed by atoms with E-state index in [9.17, 15) is 13.2 Å². The number of aryl methyl sites for hydroxylation is 1. The average Bonchev–Trinajstić information content (AvgIpc) is 2.66. The molecule has 29 heavy (non-hydrogen) atoms. The van der Waals surface area contributed by atoms with Crippen LogP contribution in [-0.2, 0) is 14.8 Å².